The third-order valence-electron chi connectivity index (χ3n) is 2.69. The smallest absolute Gasteiger partial charge is 0.152 e. The molecule has 0 aliphatic heterocycles. The average molecular weight is 280 g/mol. The van der Waals surface area contributed by atoms with E-state index >= 15 is 0 Å². The third kappa shape index (κ3) is 16.7. The predicted octanol–water partition coefficient (Wildman–Crippen LogP) is 2.02. The fraction of sp³-hybridized carbons (Fsp3) is 0.625. The van der Waals surface area contributed by atoms with Gasteiger partial charge in [0.25, 0.3) is 0 Å². The summed E-state index contributed by atoms with van der Waals surface area (Å²) in [5.74, 6) is 0.190. The molecule has 4 nitrogen and oxygen atoms in total. The van der Waals surface area contributed by atoms with Gasteiger partial charge >= 0.3 is 0 Å². The van der Waals surface area contributed by atoms with Crippen LogP contribution in [0.3, 0.4) is 0 Å². The maximum Gasteiger partial charge on any atom is 0.152 e. The standard InChI is InChI=1S/C16H28N2O2/c1-15(19)9-7-13-17-11-5-3-4-6-12-18-14-8-10-16(2)20/h7-10,17-18H,3-6,11-14H2,1-2H3. The lowest BCUT2D eigenvalue weighted by atomic mass is 10.2. The number of allylic oxidation sites excluding steroid dienone is 2. The highest BCUT2D eigenvalue weighted by atomic mass is 16.1. The summed E-state index contributed by atoms with van der Waals surface area (Å²) in [6.45, 7) is 6.64. The molecule has 0 heterocycles. The minimum absolute atomic E-state index is 0.0949. The number of nitrogens with one attached hydrogen (secondary N) is 2. The van der Waals surface area contributed by atoms with Crippen molar-refractivity contribution in [2.75, 3.05) is 26.2 Å². The van der Waals surface area contributed by atoms with E-state index in [2.05, 4.69) is 10.6 Å². The van der Waals surface area contributed by atoms with Crippen molar-refractivity contribution in [2.24, 2.45) is 0 Å². The maximum atomic E-state index is 10.6. The molecule has 0 aromatic heterocycles. The third-order valence-corrected chi connectivity index (χ3v) is 2.69. The van der Waals surface area contributed by atoms with Crippen LogP contribution >= 0.6 is 0 Å². The van der Waals surface area contributed by atoms with Crippen LogP contribution in [0.1, 0.15) is 39.5 Å². The lowest BCUT2D eigenvalue weighted by Crippen LogP contribution is -2.16. The molecule has 0 radical (unpaired) electrons. The topological polar surface area (TPSA) is 58.2 Å². The van der Waals surface area contributed by atoms with Crippen molar-refractivity contribution < 1.29 is 9.59 Å². The molecule has 0 bridgehead atoms. The normalized spacial score (nSPS) is 11.5. The van der Waals surface area contributed by atoms with E-state index in [4.69, 9.17) is 0 Å². The van der Waals surface area contributed by atoms with Crippen molar-refractivity contribution >= 4 is 11.6 Å². The molecule has 0 saturated heterocycles. The number of rotatable bonds is 13. The summed E-state index contributed by atoms with van der Waals surface area (Å²) < 4.78 is 0. The molecule has 0 amide bonds. The molecule has 2 N–H and O–H groups in total. The molecule has 0 fully saturated rings. The molecular formula is C16H28N2O2. The monoisotopic (exact) mass is 280 g/mol. The highest BCUT2D eigenvalue weighted by Gasteiger charge is 1.90. The summed E-state index contributed by atoms with van der Waals surface area (Å²) in [4.78, 5) is 21.3. The number of unbranched alkanes of at least 4 members (excludes halogenated alkanes) is 3. The molecule has 0 spiro atoms. The fourth-order valence-corrected chi connectivity index (χ4v) is 1.67. The molecule has 20 heavy (non-hydrogen) atoms. The van der Waals surface area contributed by atoms with Gasteiger partial charge in [-0.25, -0.2) is 0 Å². The first-order chi connectivity index (χ1) is 9.63. The predicted molar refractivity (Wildman–Crippen MR) is 83.8 cm³/mol. The second kappa shape index (κ2) is 14.2. The Kier molecular flexibility index (Phi) is 13.3. The van der Waals surface area contributed by atoms with Crippen molar-refractivity contribution in [1.82, 2.24) is 10.6 Å². The molecule has 0 aliphatic carbocycles. The van der Waals surface area contributed by atoms with Crippen molar-refractivity contribution in [1.29, 1.82) is 0 Å². The number of hydrogen-bond acceptors (Lipinski definition) is 4. The summed E-state index contributed by atoms with van der Waals surface area (Å²) in [5, 5.41) is 6.55. The van der Waals surface area contributed by atoms with Crippen LogP contribution < -0.4 is 10.6 Å². The van der Waals surface area contributed by atoms with Gasteiger partial charge in [0.05, 0.1) is 0 Å². The molecule has 0 unspecified atom stereocenters. The fourth-order valence-electron chi connectivity index (χ4n) is 1.67. The summed E-state index contributed by atoms with van der Waals surface area (Å²) >= 11 is 0. The van der Waals surface area contributed by atoms with E-state index in [-0.39, 0.29) is 11.6 Å². The Morgan fingerprint density at radius 2 is 1.15 bits per heavy atom. The van der Waals surface area contributed by atoms with Gasteiger partial charge in [-0.15, -0.1) is 0 Å². The molecular weight excluding hydrogens is 252 g/mol. The molecule has 0 saturated carbocycles. The number of hydrogen-bond donors (Lipinski definition) is 2. The van der Waals surface area contributed by atoms with E-state index in [9.17, 15) is 9.59 Å². The maximum absolute atomic E-state index is 10.6. The van der Waals surface area contributed by atoms with Crippen LogP contribution in [0.25, 0.3) is 0 Å². The van der Waals surface area contributed by atoms with Crippen LogP contribution in [0.5, 0.6) is 0 Å². The molecule has 114 valence electrons. The Bertz CT molecular complexity index is 290. The van der Waals surface area contributed by atoms with Crippen molar-refractivity contribution in [3.63, 3.8) is 0 Å². The molecule has 0 atom stereocenters. The summed E-state index contributed by atoms with van der Waals surface area (Å²) in [5.41, 5.74) is 0. The van der Waals surface area contributed by atoms with Gasteiger partial charge in [-0.2, -0.15) is 0 Å². The van der Waals surface area contributed by atoms with Crippen LogP contribution in [-0.4, -0.2) is 37.7 Å². The van der Waals surface area contributed by atoms with Gasteiger partial charge in [0.2, 0.25) is 0 Å². The summed E-state index contributed by atoms with van der Waals surface area (Å²) in [7, 11) is 0. The zero-order valence-electron chi connectivity index (χ0n) is 12.8. The quantitative estimate of drug-likeness (QED) is 0.400. The van der Waals surface area contributed by atoms with Crippen LogP contribution in [0.4, 0.5) is 0 Å². The zero-order valence-corrected chi connectivity index (χ0v) is 12.8. The first kappa shape index (κ1) is 18.7. The lowest BCUT2D eigenvalue weighted by molar-refractivity contribution is -0.113. The van der Waals surface area contributed by atoms with Gasteiger partial charge in [-0.1, -0.05) is 25.0 Å². The Balaban J connectivity index is 3.13. The van der Waals surface area contributed by atoms with E-state index < -0.39 is 0 Å². The van der Waals surface area contributed by atoms with Crippen LogP contribution in [0.2, 0.25) is 0 Å². The molecule has 4 heteroatoms. The van der Waals surface area contributed by atoms with Crippen LogP contribution in [0, 0.1) is 0 Å². The minimum Gasteiger partial charge on any atom is -0.313 e. The summed E-state index contributed by atoms with van der Waals surface area (Å²) in [6, 6.07) is 0. The Morgan fingerprint density at radius 3 is 1.50 bits per heavy atom. The van der Waals surface area contributed by atoms with E-state index in [1.807, 2.05) is 12.2 Å². The SMILES string of the molecule is CC(=O)C=CCNCCCCCCNCC=CC(C)=O. The number of carbonyl (C=O) groups is 2. The second-order valence-electron chi connectivity index (χ2n) is 4.85. The molecule has 0 aliphatic rings. The minimum atomic E-state index is 0.0949. The first-order valence-electron chi connectivity index (χ1n) is 7.38. The molecule has 0 rings (SSSR count). The van der Waals surface area contributed by atoms with Gasteiger partial charge in [0.15, 0.2) is 11.6 Å². The van der Waals surface area contributed by atoms with Gasteiger partial charge in [0.1, 0.15) is 0 Å². The Hall–Kier alpha value is -1.26. The van der Waals surface area contributed by atoms with Gasteiger partial charge in [0, 0.05) is 13.1 Å². The zero-order chi connectivity index (χ0) is 15.1. The molecule has 0 aromatic carbocycles. The van der Waals surface area contributed by atoms with Gasteiger partial charge < -0.3 is 10.6 Å². The van der Waals surface area contributed by atoms with Crippen molar-refractivity contribution in [3.8, 4) is 0 Å². The Labute approximate surface area is 122 Å². The highest BCUT2D eigenvalue weighted by molar-refractivity contribution is 5.87. The Morgan fingerprint density at radius 1 is 0.750 bits per heavy atom. The van der Waals surface area contributed by atoms with E-state index in [0.29, 0.717) is 0 Å². The first-order valence-corrected chi connectivity index (χ1v) is 7.38. The lowest BCUT2D eigenvalue weighted by Gasteiger charge is -2.03. The van der Waals surface area contributed by atoms with E-state index in [0.717, 1.165) is 39.0 Å². The van der Waals surface area contributed by atoms with E-state index in [1.165, 1.54) is 12.8 Å². The van der Waals surface area contributed by atoms with Crippen LogP contribution in [0.15, 0.2) is 24.3 Å². The van der Waals surface area contributed by atoms with E-state index in [1.54, 1.807) is 26.0 Å². The average Bonchev–Trinajstić information content (AvgIpc) is 2.38. The summed E-state index contributed by atoms with van der Waals surface area (Å²) in [6.07, 6.45) is 11.7. The molecule has 0 aromatic rings. The largest absolute Gasteiger partial charge is 0.313 e. The highest BCUT2D eigenvalue weighted by Crippen LogP contribution is 1.97. The van der Waals surface area contributed by atoms with Gasteiger partial charge in [-0.05, 0) is 51.9 Å². The second-order valence-corrected chi connectivity index (χ2v) is 4.85. The van der Waals surface area contributed by atoms with Crippen LogP contribution in [-0.2, 0) is 9.59 Å². The number of ketones is 2. The van der Waals surface area contributed by atoms with Gasteiger partial charge in [-0.3, -0.25) is 9.59 Å². The van der Waals surface area contributed by atoms with Crippen molar-refractivity contribution in [3.05, 3.63) is 24.3 Å². The number of carbonyl (C=O) groups excluding carboxylic acids is 2. The van der Waals surface area contributed by atoms with Crippen molar-refractivity contribution in [2.45, 2.75) is 39.5 Å².